The van der Waals surface area contributed by atoms with Gasteiger partial charge in [0, 0.05) is 20.1 Å². The van der Waals surface area contributed by atoms with Gasteiger partial charge in [-0.05, 0) is 42.2 Å². The smallest absolute Gasteiger partial charge is 0.234 e. The van der Waals surface area contributed by atoms with Crippen LogP contribution in [0.3, 0.4) is 0 Å². The van der Waals surface area contributed by atoms with Crippen LogP contribution in [0, 0.1) is 0 Å². The summed E-state index contributed by atoms with van der Waals surface area (Å²) in [6.45, 7) is 3.74. The predicted octanol–water partition coefficient (Wildman–Crippen LogP) is 2.47. The summed E-state index contributed by atoms with van der Waals surface area (Å²) in [6, 6.07) is 2.32. The molecular formula is C15H21N5O2S. The van der Waals surface area contributed by atoms with Gasteiger partial charge in [-0.2, -0.15) is 26.3 Å². The number of hydrogen-bond donors (Lipinski definition) is 2. The van der Waals surface area contributed by atoms with E-state index in [0.29, 0.717) is 11.8 Å². The first kappa shape index (κ1) is 17.3. The Balaban J connectivity index is 2.01. The number of anilines is 2. The molecule has 0 radical (unpaired) electrons. The molecule has 2 aromatic rings. The molecule has 0 bridgehead atoms. The molecular weight excluding hydrogens is 314 g/mol. The molecule has 2 N–H and O–H groups in total. The summed E-state index contributed by atoms with van der Waals surface area (Å²) in [5.74, 6) is 0.913. The molecule has 124 valence electrons. The quantitative estimate of drug-likeness (QED) is 0.770. The first-order chi connectivity index (χ1) is 11.1. The number of aromatic nitrogens is 3. The fourth-order valence-corrected chi connectivity index (χ4v) is 2.71. The van der Waals surface area contributed by atoms with E-state index in [0.717, 1.165) is 12.8 Å². The Morgan fingerprint density at radius 2 is 2.13 bits per heavy atom. The molecule has 2 heterocycles. The van der Waals surface area contributed by atoms with Gasteiger partial charge in [0.25, 0.3) is 0 Å². The summed E-state index contributed by atoms with van der Waals surface area (Å²) in [6.07, 6.45) is 1.95. The van der Waals surface area contributed by atoms with E-state index < -0.39 is 0 Å². The van der Waals surface area contributed by atoms with Crippen molar-refractivity contribution in [2.75, 3.05) is 17.7 Å². The number of ether oxygens (including phenoxy) is 1. The van der Waals surface area contributed by atoms with Crippen LogP contribution in [0.2, 0.25) is 0 Å². The van der Waals surface area contributed by atoms with Gasteiger partial charge in [-0.25, -0.2) is 0 Å². The lowest BCUT2D eigenvalue weighted by Crippen LogP contribution is -2.20. The maximum atomic E-state index is 11.2. The largest absolute Gasteiger partial charge is 0.377 e. The standard InChI is InChI=1S/C15H21N5O2S/c1-10(4-5-12-6-7-23-9-12)16-14-18-13(8-22-3)19-15(20-14)17-11(2)21/h6-7,9-10H,4-5,8H2,1-3H3,(H2,16,17,18,19,20,21). The molecule has 0 aliphatic rings. The normalized spacial score (nSPS) is 12.0. The van der Waals surface area contributed by atoms with Crippen LogP contribution < -0.4 is 10.6 Å². The minimum absolute atomic E-state index is 0.192. The Morgan fingerprint density at radius 3 is 2.78 bits per heavy atom. The van der Waals surface area contributed by atoms with E-state index in [4.69, 9.17) is 4.74 Å². The van der Waals surface area contributed by atoms with Crippen LogP contribution in [0.1, 0.15) is 31.7 Å². The fourth-order valence-electron chi connectivity index (χ4n) is 2.00. The Bertz CT molecular complexity index is 633. The molecule has 0 spiro atoms. The van der Waals surface area contributed by atoms with Crippen LogP contribution in [0.15, 0.2) is 16.8 Å². The highest BCUT2D eigenvalue weighted by Crippen LogP contribution is 2.13. The molecule has 0 aliphatic heterocycles. The molecule has 2 aromatic heterocycles. The van der Waals surface area contributed by atoms with Gasteiger partial charge in [-0.3, -0.25) is 10.1 Å². The van der Waals surface area contributed by atoms with Crippen molar-refractivity contribution in [1.29, 1.82) is 0 Å². The van der Waals surface area contributed by atoms with Crippen LogP contribution in [0.5, 0.6) is 0 Å². The zero-order valence-electron chi connectivity index (χ0n) is 13.5. The second kappa shape index (κ2) is 8.54. The lowest BCUT2D eigenvalue weighted by molar-refractivity contribution is -0.114. The maximum Gasteiger partial charge on any atom is 0.234 e. The van der Waals surface area contributed by atoms with Gasteiger partial charge in [-0.15, -0.1) is 0 Å². The Morgan fingerprint density at radius 1 is 1.35 bits per heavy atom. The highest BCUT2D eigenvalue weighted by atomic mass is 32.1. The van der Waals surface area contributed by atoms with Crippen molar-refractivity contribution in [3.05, 3.63) is 28.2 Å². The van der Waals surface area contributed by atoms with Crippen LogP contribution >= 0.6 is 11.3 Å². The topological polar surface area (TPSA) is 89.0 Å². The van der Waals surface area contributed by atoms with Crippen molar-refractivity contribution in [2.24, 2.45) is 0 Å². The average Bonchev–Trinajstić information content (AvgIpc) is 2.97. The Labute approximate surface area is 139 Å². The van der Waals surface area contributed by atoms with Crippen LogP contribution in [0.4, 0.5) is 11.9 Å². The second-order valence-corrected chi connectivity index (χ2v) is 6.01. The summed E-state index contributed by atoms with van der Waals surface area (Å²) in [5, 5.41) is 10.1. The molecule has 0 saturated heterocycles. The first-order valence-electron chi connectivity index (χ1n) is 7.36. The fraction of sp³-hybridized carbons (Fsp3) is 0.467. The highest BCUT2D eigenvalue weighted by molar-refractivity contribution is 7.07. The van der Waals surface area contributed by atoms with Gasteiger partial charge in [0.2, 0.25) is 17.8 Å². The van der Waals surface area contributed by atoms with Gasteiger partial charge in [0.1, 0.15) is 6.61 Å². The zero-order valence-corrected chi connectivity index (χ0v) is 14.3. The Kier molecular flexibility index (Phi) is 6.42. The molecule has 1 unspecified atom stereocenters. The summed E-state index contributed by atoms with van der Waals surface area (Å²) in [5.41, 5.74) is 1.33. The van der Waals surface area contributed by atoms with Crippen LogP contribution in [-0.2, 0) is 22.6 Å². The number of methoxy groups -OCH3 is 1. The molecule has 23 heavy (non-hydrogen) atoms. The summed E-state index contributed by atoms with van der Waals surface area (Å²) in [7, 11) is 1.57. The second-order valence-electron chi connectivity index (χ2n) is 5.23. The first-order valence-corrected chi connectivity index (χ1v) is 8.30. The SMILES string of the molecule is COCc1nc(NC(C)=O)nc(NC(C)CCc2ccsc2)n1. The molecule has 7 nitrogen and oxygen atoms in total. The van der Waals surface area contributed by atoms with E-state index in [9.17, 15) is 4.79 Å². The maximum absolute atomic E-state index is 11.2. The molecule has 0 aliphatic carbocycles. The molecule has 0 saturated carbocycles. The Hall–Kier alpha value is -2.06. The van der Waals surface area contributed by atoms with E-state index in [-0.39, 0.29) is 24.5 Å². The number of rotatable bonds is 8. The van der Waals surface area contributed by atoms with Crippen molar-refractivity contribution in [3.8, 4) is 0 Å². The summed E-state index contributed by atoms with van der Waals surface area (Å²) >= 11 is 1.70. The number of nitrogens with zero attached hydrogens (tertiary/aromatic N) is 3. The predicted molar refractivity (Wildman–Crippen MR) is 90.6 cm³/mol. The lowest BCUT2D eigenvalue weighted by atomic mass is 10.1. The van der Waals surface area contributed by atoms with Crippen LogP contribution in [0.25, 0.3) is 0 Å². The number of amides is 1. The van der Waals surface area contributed by atoms with Crippen molar-refractivity contribution >= 4 is 29.1 Å². The van der Waals surface area contributed by atoms with E-state index in [1.807, 2.05) is 0 Å². The van der Waals surface area contributed by atoms with Gasteiger partial charge in [-0.1, -0.05) is 0 Å². The lowest BCUT2D eigenvalue weighted by Gasteiger charge is -2.14. The monoisotopic (exact) mass is 335 g/mol. The average molecular weight is 335 g/mol. The third-order valence-corrected chi connectivity index (χ3v) is 3.80. The van der Waals surface area contributed by atoms with Gasteiger partial charge in [0.05, 0.1) is 0 Å². The van der Waals surface area contributed by atoms with Gasteiger partial charge >= 0.3 is 0 Å². The van der Waals surface area contributed by atoms with Crippen molar-refractivity contribution in [2.45, 2.75) is 39.3 Å². The van der Waals surface area contributed by atoms with Crippen molar-refractivity contribution in [1.82, 2.24) is 15.0 Å². The third-order valence-electron chi connectivity index (χ3n) is 3.06. The zero-order chi connectivity index (χ0) is 16.7. The number of carbonyl (C=O) groups is 1. The molecule has 1 amide bonds. The summed E-state index contributed by atoms with van der Waals surface area (Å²) in [4.78, 5) is 23.9. The number of carbonyl (C=O) groups excluding carboxylic acids is 1. The molecule has 1 atom stereocenters. The van der Waals surface area contributed by atoms with Gasteiger partial charge < -0.3 is 10.1 Å². The molecule has 0 fully saturated rings. The molecule has 2 rings (SSSR count). The molecule has 8 heteroatoms. The van der Waals surface area contributed by atoms with Crippen molar-refractivity contribution < 1.29 is 9.53 Å². The highest BCUT2D eigenvalue weighted by Gasteiger charge is 2.10. The minimum Gasteiger partial charge on any atom is -0.377 e. The molecule has 0 aromatic carbocycles. The number of hydrogen-bond acceptors (Lipinski definition) is 7. The van der Waals surface area contributed by atoms with Crippen LogP contribution in [-0.4, -0.2) is 34.0 Å². The van der Waals surface area contributed by atoms with E-state index in [1.54, 1.807) is 18.4 Å². The number of aryl methyl sites for hydroxylation is 1. The van der Waals surface area contributed by atoms with E-state index >= 15 is 0 Å². The third kappa shape index (κ3) is 5.91. The summed E-state index contributed by atoms with van der Waals surface area (Å²) < 4.78 is 5.05. The van der Waals surface area contributed by atoms with Gasteiger partial charge in [0.15, 0.2) is 5.82 Å². The number of thiophene rings is 1. The minimum atomic E-state index is -0.226. The van der Waals surface area contributed by atoms with Crippen molar-refractivity contribution in [3.63, 3.8) is 0 Å². The van der Waals surface area contributed by atoms with E-state index in [2.05, 4.69) is 49.3 Å². The van der Waals surface area contributed by atoms with E-state index in [1.165, 1.54) is 12.5 Å². The number of nitrogens with one attached hydrogen (secondary N) is 2.